The van der Waals surface area contributed by atoms with E-state index in [2.05, 4.69) is 36.6 Å². The van der Waals surface area contributed by atoms with E-state index in [0.717, 1.165) is 6.42 Å². The van der Waals surface area contributed by atoms with Crippen molar-refractivity contribution >= 4 is 16.9 Å². The zero-order chi connectivity index (χ0) is 7.68. The lowest BCUT2D eigenvalue weighted by Gasteiger charge is -1.90. The normalized spacial score (nSPS) is 15.5. The summed E-state index contributed by atoms with van der Waals surface area (Å²) in [5.41, 5.74) is 2.76. The molecule has 1 aliphatic rings. The molecule has 0 radical (unpaired) electrons. The Hall–Kier alpha value is -0.820. The van der Waals surface area contributed by atoms with Gasteiger partial charge in [-0.25, -0.2) is 0 Å². The maximum Gasteiger partial charge on any atom is 0.00205 e. The largest absolute Gasteiger partial charge is 0.149 e. The molecule has 0 amide bonds. The molecule has 1 heteroatoms. The van der Waals surface area contributed by atoms with Crippen molar-refractivity contribution in [1.29, 1.82) is 0 Å². The van der Waals surface area contributed by atoms with E-state index in [0.29, 0.717) is 0 Å². The van der Waals surface area contributed by atoms with Gasteiger partial charge in [0.15, 0.2) is 0 Å². The van der Waals surface area contributed by atoms with E-state index in [9.17, 15) is 0 Å². The van der Waals surface area contributed by atoms with Crippen LogP contribution < -0.4 is 0 Å². The van der Waals surface area contributed by atoms with Crippen molar-refractivity contribution in [2.75, 3.05) is 0 Å². The van der Waals surface area contributed by atoms with Gasteiger partial charge in [-0.1, -0.05) is 18.2 Å². The Bertz CT molecular complexity index is 315. The first-order valence-electron chi connectivity index (χ1n) is 3.78. The van der Waals surface area contributed by atoms with Crippen molar-refractivity contribution < 1.29 is 0 Å². The third kappa shape index (κ3) is 1.29. The quantitative estimate of drug-likeness (QED) is 0.593. The van der Waals surface area contributed by atoms with Crippen molar-refractivity contribution in [1.82, 2.24) is 0 Å². The van der Waals surface area contributed by atoms with Gasteiger partial charge in [-0.15, -0.1) is 11.3 Å². The fraction of sp³-hybridized carbons (Fsp3) is 0.200. The van der Waals surface area contributed by atoms with Crippen LogP contribution in [0.1, 0.15) is 16.9 Å². The summed E-state index contributed by atoms with van der Waals surface area (Å²) in [5, 5.41) is 2.22. The lowest BCUT2D eigenvalue weighted by Crippen LogP contribution is -1.70. The lowest BCUT2D eigenvalue weighted by molar-refractivity contribution is 1.45. The van der Waals surface area contributed by atoms with Gasteiger partial charge in [-0.3, -0.25) is 0 Å². The molecule has 0 aliphatic heterocycles. The minimum atomic E-state index is 1.10. The van der Waals surface area contributed by atoms with Crippen LogP contribution in [0.2, 0.25) is 0 Å². The molecule has 11 heavy (non-hydrogen) atoms. The monoisotopic (exact) mass is 162 g/mol. The van der Waals surface area contributed by atoms with Crippen LogP contribution in [0.15, 0.2) is 29.7 Å². The Morgan fingerprint density at radius 1 is 1.45 bits per heavy atom. The smallest absolute Gasteiger partial charge is 0.00205 e. The molecule has 1 aromatic rings. The Balaban J connectivity index is 2.36. The second-order valence-corrected chi connectivity index (χ2v) is 3.86. The van der Waals surface area contributed by atoms with Crippen LogP contribution in [0.5, 0.6) is 0 Å². The van der Waals surface area contributed by atoms with Gasteiger partial charge in [0.1, 0.15) is 0 Å². The third-order valence-corrected chi connectivity index (χ3v) is 2.70. The highest BCUT2D eigenvalue weighted by Gasteiger charge is 2.02. The molecule has 0 atom stereocenters. The van der Waals surface area contributed by atoms with E-state index in [-0.39, 0.29) is 0 Å². The minimum absolute atomic E-state index is 1.10. The van der Waals surface area contributed by atoms with Gasteiger partial charge in [0, 0.05) is 4.88 Å². The summed E-state index contributed by atoms with van der Waals surface area (Å²) in [5.74, 6) is 0. The molecule has 0 saturated carbocycles. The number of thiophene rings is 1. The van der Waals surface area contributed by atoms with E-state index in [1.807, 2.05) is 11.3 Å². The Morgan fingerprint density at radius 3 is 2.91 bits per heavy atom. The predicted octanol–water partition coefficient (Wildman–Crippen LogP) is 3.40. The highest BCUT2D eigenvalue weighted by molar-refractivity contribution is 7.10. The first kappa shape index (κ1) is 6.86. The van der Waals surface area contributed by atoms with Crippen LogP contribution >= 0.6 is 11.3 Å². The van der Waals surface area contributed by atoms with E-state index in [1.54, 1.807) is 0 Å². The van der Waals surface area contributed by atoms with Gasteiger partial charge < -0.3 is 0 Å². The Labute approximate surface area is 70.9 Å². The average Bonchev–Trinajstić information content (AvgIpc) is 2.55. The molecule has 1 aromatic heterocycles. The van der Waals surface area contributed by atoms with E-state index >= 15 is 0 Å². The molecule has 0 nitrogen and oxygen atoms in total. The number of aryl methyl sites for hydroxylation is 1. The first-order chi connectivity index (χ1) is 5.36. The van der Waals surface area contributed by atoms with Crippen molar-refractivity contribution in [3.05, 3.63) is 40.1 Å². The Kier molecular flexibility index (Phi) is 1.66. The second kappa shape index (κ2) is 2.67. The summed E-state index contributed by atoms with van der Waals surface area (Å²) in [6.07, 6.45) is 7.76. The van der Waals surface area contributed by atoms with Crippen LogP contribution in [0.3, 0.4) is 0 Å². The predicted molar refractivity (Wildman–Crippen MR) is 50.8 cm³/mol. The summed E-state index contributed by atoms with van der Waals surface area (Å²) in [4.78, 5) is 1.39. The van der Waals surface area contributed by atoms with Gasteiger partial charge in [-0.05, 0) is 35.9 Å². The Morgan fingerprint density at radius 2 is 2.36 bits per heavy atom. The maximum atomic E-state index is 2.27. The SMILES string of the molecule is Cc1cc(C2=CCC=C2)cs1. The zero-order valence-electron chi connectivity index (χ0n) is 6.50. The molecule has 0 aromatic carbocycles. The van der Waals surface area contributed by atoms with E-state index in [1.165, 1.54) is 16.0 Å². The molecular formula is C10H10S. The molecule has 0 N–H and O–H groups in total. The highest BCUT2D eigenvalue weighted by atomic mass is 32.1. The summed E-state index contributed by atoms with van der Waals surface area (Å²) < 4.78 is 0. The van der Waals surface area contributed by atoms with Crippen LogP contribution in [0, 0.1) is 6.92 Å². The van der Waals surface area contributed by atoms with Gasteiger partial charge in [0.05, 0.1) is 0 Å². The second-order valence-electron chi connectivity index (χ2n) is 2.74. The topological polar surface area (TPSA) is 0 Å². The van der Waals surface area contributed by atoms with Crippen molar-refractivity contribution in [3.63, 3.8) is 0 Å². The molecule has 0 unspecified atom stereocenters. The van der Waals surface area contributed by atoms with Crippen LogP contribution in [0.25, 0.3) is 5.57 Å². The molecule has 0 fully saturated rings. The van der Waals surface area contributed by atoms with E-state index in [4.69, 9.17) is 0 Å². The summed E-state index contributed by atoms with van der Waals surface area (Å²) in [7, 11) is 0. The highest BCUT2D eigenvalue weighted by Crippen LogP contribution is 2.25. The molecular weight excluding hydrogens is 152 g/mol. The zero-order valence-corrected chi connectivity index (χ0v) is 7.32. The van der Waals surface area contributed by atoms with Crippen molar-refractivity contribution in [2.45, 2.75) is 13.3 Å². The minimum Gasteiger partial charge on any atom is -0.149 e. The van der Waals surface area contributed by atoms with Gasteiger partial charge in [0.25, 0.3) is 0 Å². The lowest BCUT2D eigenvalue weighted by atomic mass is 10.1. The van der Waals surface area contributed by atoms with Crippen LogP contribution in [-0.2, 0) is 0 Å². The van der Waals surface area contributed by atoms with Gasteiger partial charge in [0.2, 0.25) is 0 Å². The first-order valence-corrected chi connectivity index (χ1v) is 4.66. The molecule has 0 bridgehead atoms. The molecule has 0 spiro atoms. The van der Waals surface area contributed by atoms with Crippen molar-refractivity contribution in [2.24, 2.45) is 0 Å². The number of rotatable bonds is 1. The molecule has 1 heterocycles. The number of allylic oxidation sites excluding steroid dienone is 4. The van der Waals surface area contributed by atoms with Crippen molar-refractivity contribution in [3.8, 4) is 0 Å². The van der Waals surface area contributed by atoms with Gasteiger partial charge in [-0.2, -0.15) is 0 Å². The average molecular weight is 162 g/mol. The molecule has 1 aliphatic carbocycles. The van der Waals surface area contributed by atoms with E-state index < -0.39 is 0 Å². The third-order valence-electron chi connectivity index (χ3n) is 1.84. The summed E-state index contributed by atoms with van der Waals surface area (Å²) in [6, 6.07) is 2.24. The standard InChI is InChI=1S/C10H10S/c1-8-6-10(7-11-8)9-4-2-3-5-9/h2,4-7H,3H2,1H3. The van der Waals surface area contributed by atoms with Crippen LogP contribution in [-0.4, -0.2) is 0 Å². The number of hydrogen-bond donors (Lipinski definition) is 0. The maximum absolute atomic E-state index is 2.27. The molecule has 0 saturated heterocycles. The fourth-order valence-corrected chi connectivity index (χ4v) is 1.98. The summed E-state index contributed by atoms with van der Waals surface area (Å²) >= 11 is 1.82. The van der Waals surface area contributed by atoms with Gasteiger partial charge >= 0.3 is 0 Å². The van der Waals surface area contributed by atoms with Crippen LogP contribution in [0.4, 0.5) is 0 Å². The molecule has 56 valence electrons. The molecule has 2 rings (SSSR count). The number of hydrogen-bond acceptors (Lipinski definition) is 1. The summed E-state index contributed by atoms with van der Waals surface area (Å²) in [6.45, 7) is 2.15. The fourth-order valence-electron chi connectivity index (χ4n) is 1.27.